The van der Waals surface area contributed by atoms with E-state index in [0.29, 0.717) is 17.8 Å². The SMILES string of the molecule is COc1ccc(CCc2coc3cc(C)cc(O[C@@H]4O[C@H](CO)[C@@H](O)[C@H](O)[C@H]4O)c23)cc1. The third-order valence-corrected chi connectivity index (χ3v) is 5.79. The molecule has 1 saturated heterocycles. The molecule has 8 heteroatoms. The number of benzene rings is 2. The van der Waals surface area contributed by atoms with E-state index in [2.05, 4.69) is 0 Å². The number of methoxy groups -OCH3 is 1. The maximum absolute atomic E-state index is 10.4. The van der Waals surface area contributed by atoms with Crippen LogP contribution >= 0.6 is 0 Å². The van der Waals surface area contributed by atoms with Crippen LogP contribution in [0.2, 0.25) is 0 Å². The molecule has 0 unspecified atom stereocenters. The molecule has 2 heterocycles. The number of fused-ring (bicyclic) bond motifs is 1. The summed E-state index contributed by atoms with van der Waals surface area (Å²) in [4.78, 5) is 0. The average molecular weight is 444 g/mol. The highest BCUT2D eigenvalue weighted by Gasteiger charge is 2.44. The van der Waals surface area contributed by atoms with Crippen molar-refractivity contribution < 1.29 is 39.1 Å². The topological polar surface area (TPSA) is 122 Å². The van der Waals surface area contributed by atoms with Crippen molar-refractivity contribution in [2.75, 3.05) is 13.7 Å². The van der Waals surface area contributed by atoms with E-state index < -0.39 is 37.3 Å². The van der Waals surface area contributed by atoms with E-state index >= 15 is 0 Å². The fourth-order valence-electron chi connectivity index (χ4n) is 3.96. The Kier molecular flexibility index (Phi) is 6.68. The Morgan fingerprint density at radius 3 is 2.41 bits per heavy atom. The molecule has 2 aromatic carbocycles. The lowest BCUT2D eigenvalue weighted by atomic mass is 9.99. The summed E-state index contributed by atoms with van der Waals surface area (Å²) in [6.45, 7) is 1.37. The van der Waals surface area contributed by atoms with Gasteiger partial charge in [-0.3, -0.25) is 0 Å². The highest BCUT2D eigenvalue weighted by atomic mass is 16.7. The highest BCUT2D eigenvalue weighted by Crippen LogP contribution is 2.35. The van der Waals surface area contributed by atoms with Gasteiger partial charge in [0.05, 0.1) is 25.4 Å². The smallest absolute Gasteiger partial charge is 0.229 e. The van der Waals surface area contributed by atoms with Crippen LogP contribution in [0, 0.1) is 6.92 Å². The van der Waals surface area contributed by atoms with Crippen LogP contribution in [0.25, 0.3) is 11.0 Å². The molecule has 4 rings (SSSR count). The number of ether oxygens (including phenoxy) is 3. The van der Waals surface area contributed by atoms with Crippen molar-refractivity contribution in [1.29, 1.82) is 0 Å². The summed E-state index contributed by atoms with van der Waals surface area (Å²) < 4.78 is 22.4. The minimum atomic E-state index is -1.51. The summed E-state index contributed by atoms with van der Waals surface area (Å²) >= 11 is 0. The van der Waals surface area contributed by atoms with E-state index in [1.54, 1.807) is 19.4 Å². The predicted molar refractivity (Wildman–Crippen MR) is 116 cm³/mol. The van der Waals surface area contributed by atoms with Gasteiger partial charge in [-0.1, -0.05) is 12.1 Å². The minimum Gasteiger partial charge on any atom is -0.497 e. The molecule has 0 radical (unpaired) electrons. The van der Waals surface area contributed by atoms with Gasteiger partial charge in [-0.05, 0) is 55.2 Å². The lowest BCUT2D eigenvalue weighted by Crippen LogP contribution is -2.60. The second-order valence-corrected chi connectivity index (χ2v) is 8.06. The molecule has 1 aliphatic heterocycles. The van der Waals surface area contributed by atoms with Gasteiger partial charge in [0.15, 0.2) is 0 Å². The van der Waals surface area contributed by atoms with Crippen LogP contribution in [0.15, 0.2) is 47.1 Å². The average Bonchev–Trinajstić information content (AvgIpc) is 3.21. The summed E-state index contributed by atoms with van der Waals surface area (Å²) in [6, 6.07) is 11.6. The second kappa shape index (κ2) is 9.48. The number of hydrogen-bond donors (Lipinski definition) is 4. The number of aliphatic hydroxyl groups is 4. The van der Waals surface area contributed by atoms with Crippen LogP contribution in [0.5, 0.6) is 11.5 Å². The first-order chi connectivity index (χ1) is 15.4. The van der Waals surface area contributed by atoms with Gasteiger partial charge in [-0.25, -0.2) is 0 Å². The Morgan fingerprint density at radius 1 is 0.969 bits per heavy atom. The number of hydrogen-bond acceptors (Lipinski definition) is 8. The Balaban J connectivity index is 1.59. The van der Waals surface area contributed by atoms with E-state index in [1.807, 2.05) is 37.3 Å². The zero-order valence-corrected chi connectivity index (χ0v) is 18.0. The van der Waals surface area contributed by atoms with Gasteiger partial charge in [0, 0.05) is 5.56 Å². The third kappa shape index (κ3) is 4.46. The highest BCUT2D eigenvalue weighted by molar-refractivity contribution is 5.88. The molecule has 32 heavy (non-hydrogen) atoms. The first-order valence-corrected chi connectivity index (χ1v) is 10.5. The number of furan rings is 1. The quantitative estimate of drug-likeness (QED) is 0.435. The van der Waals surface area contributed by atoms with Crippen LogP contribution in [-0.2, 0) is 17.6 Å². The molecule has 1 fully saturated rings. The van der Waals surface area contributed by atoms with Crippen LogP contribution in [-0.4, -0.2) is 64.8 Å². The number of rotatable bonds is 7. The van der Waals surface area contributed by atoms with E-state index in [0.717, 1.165) is 34.2 Å². The Hall–Kier alpha value is -2.62. The van der Waals surface area contributed by atoms with Crippen molar-refractivity contribution in [3.63, 3.8) is 0 Å². The summed E-state index contributed by atoms with van der Waals surface area (Å²) in [5.41, 5.74) is 3.58. The molecule has 1 aromatic heterocycles. The monoisotopic (exact) mass is 444 g/mol. The van der Waals surface area contributed by atoms with E-state index in [9.17, 15) is 20.4 Å². The summed E-state index contributed by atoms with van der Waals surface area (Å²) in [7, 11) is 1.63. The van der Waals surface area contributed by atoms with Crippen molar-refractivity contribution in [3.05, 3.63) is 59.4 Å². The van der Waals surface area contributed by atoms with Crippen molar-refractivity contribution in [1.82, 2.24) is 0 Å². The number of aliphatic hydroxyl groups excluding tert-OH is 4. The molecule has 0 amide bonds. The third-order valence-electron chi connectivity index (χ3n) is 5.79. The molecule has 8 nitrogen and oxygen atoms in total. The van der Waals surface area contributed by atoms with Gasteiger partial charge < -0.3 is 39.1 Å². The standard InChI is InChI=1S/C24H28O8/c1-13-9-17-20(15(12-30-17)6-3-14-4-7-16(29-2)8-5-14)18(10-13)31-24-23(28)22(27)21(26)19(11-25)32-24/h4-5,7-10,12,19,21-28H,3,6,11H2,1-2H3/t19-,21-,22+,23-,24-/m1/s1. The molecule has 172 valence electrons. The summed E-state index contributed by atoms with van der Waals surface area (Å²) in [5.74, 6) is 1.23. The van der Waals surface area contributed by atoms with Crippen molar-refractivity contribution in [3.8, 4) is 11.5 Å². The van der Waals surface area contributed by atoms with Crippen LogP contribution in [0.1, 0.15) is 16.7 Å². The van der Waals surface area contributed by atoms with Crippen molar-refractivity contribution in [2.45, 2.75) is 50.5 Å². The molecule has 0 saturated carbocycles. The van der Waals surface area contributed by atoms with Crippen molar-refractivity contribution in [2.24, 2.45) is 0 Å². The molecule has 1 aliphatic rings. The van der Waals surface area contributed by atoms with E-state index in [4.69, 9.17) is 18.6 Å². The molecular formula is C24H28O8. The summed E-state index contributed by atoms with van der Waals surface area (Å²) in [5, 5.41) is 40.6. The van der Waals surface area contributed by atoms with Crippen molar-refractivity contribution >= 4 is 11.0 Å². The maximum Gasteiger partial charge on any atom is 0.229 e. The number of aryl methyl sites for hydroxylation is 3. The molecule has 4 N–H and O–H groups in total. The van der Waals surface area contributed by atoms with Gasteiger partial charge in [-0.2, -0.15) is 0 Å². The van der Waals surface area contributed by atoms with Crippen LogP contribution in [0.3, 0.4) is 0 Å². The molecule has 0 bridgehead atoms. The van der Waals surface area contributed by atoms with Gasteiger partial charge in [0.1, 0.15) is 41.5 Å². The van der Waals surface area contributed by atoms with Gasteiger partial charge in [0.2, 0.25) is 6.29 Å². The lowest BCUT2D eigenvalue weighted by molar-refractivity contribution is -0.277. The molecule has 5 atom stereocenters. The van der Waals surface area contributed by atoms with E-state index in [1.165, 1.54) is 0 Å². The largest absolute Gasteiger partial charge is 0.497 e. The minimum absolute atomic E-state index is 0.433. The zero-order valence-electron chi connectivity index (χ0n) is 18.0. The fourth-order valence-corrected chi connectivity index (χ4v) is 3.96. The second-order valence-electron chi connectivity index (χ2n) is 8.06. The Labute approximate surface area is 185 Å². The summed E-state index contributed by atoms with van der Waals surface area (Å²) in [6.07, 6.45) is -3.60. The van der Waals surface area contributed by atoms with Crippen LogP contribution < -0.4 is 9.47 Å². The normalized spacial score (nSPS) is 25.8. The molecule has 3 aromatic rings. The first-order valence-electron chi connectivity index (χ1n) is 10.5. The predicted octanol–water partition coefficient (Wildman–Crippen LogP) is 1.71. The van der Waals surface area contributed by atoms with Gasteiger partial charge in [-0.15, -0.1) is 0 Å². The van der Waals surface area contributed by atoms with Gasteiger partial charge >= 0.3 is 0 Å². The molecular weight excluding hydrogens is 416 g/mol. The first kappa shape index (κ1) is 22.6. The Bertz CT molecular complexity index is 1040. The zero-order chi connectivity index (χ0) is 22.8. The maximum atomic E-state index is 10.4. The fraction of sp³-hybridized carbons (Fsp3) is 0.417. The molecule has 0 aliphatic carbocycles. The Morgan fingerprint density at radius 2 is 1.72 bits per heavy atom. The van der Waals surface area contributed by atoms with E-state index in [-0.39, 0.29) is 0 Å². The van der Waals surface area contributed by atoms with Gasteiger partial charge in [0.25, 0.3) is 0 Å². The van der Waals surface area contributed by atoms with Crippen LogP contribution in [0.4, 0.5) is 0 Å². The molecule has 0 spiro atoms. The lowest BCUT2D eigenvalue weighted by Gasteiger charge is -2.39.